The predicted molar refractivity (Wildman–Crippen MR) is 92.9 cm³/mol. The summed E-state index contributed by atoms with van der Waals surface area (Å²) in [6, 6.07) is 8.17. The fourth-order valence-electron chi connectivity index (χ4n) is 2.08. The molecule has 0 unspecified atom stereocenters. The van der Waals surface area contributed by atoms with Crippen LogP contribution in [0.15, 0.2) is 40.9 Å². The molecule has 0 radical (unpaired) electrons. The molecule has 0 aromatic heterocycles. The van der Waals surface area contributed by atoms with Crippen LogP contribution < -0.4 is 9.47 Å². The monoisotopic (exact) mass is 410 g/mol. The molecular weight excluding hydrogens is 395 g/mol. The van der Waals surface area contributed by atoms with Crippen molar-refractivity contribution in [2.24, 2.45) is 0 Å². The van der Waals surface area contributed by atoms with Crippen LogP contribution in [0, 0.1) is 5.82 Å². The van der Waals surface area contributed by atoms with Gasteiger partial charge in [0.15, 0.2) is 23.9 Å². The van der Waals surface area contributed by atoms with E-state index in [1.165, 1.54) is 37.4 Å². The van der Waals surface area contributed by atoms with E-state index in [0.29, 0.717) is 22.6 Å². The Morgan fingerprint density at radius 3 is 2.56 bits per heavy atom. The molecule has 2 aromatic carbocycles. The summed E-state index contributed by atoms with van der Waals surface area (Å²) in [5.41, 5.74) is 0.331. The standard InChI is InChI=1S/C18H16BrFO5/c1-3-24-17-14(19)8-12(9-16(17)23-2)18(22)25-10-15(21)11-5-4-6-13(20)7-11/h4-9H,3,10H2,1-2H3. The molecule has 7 heteroatoms. The highest BCUT2D eigenvalue weighted by Crippen LogP contribution is 2.36. The molecule has 0 amide bonds. The Bertz CT molecular complexity index is 791. The van der Waals surface area contributed by atoms with Crippen LogP contribution in [0.5, 0.6) is 11.5 Å². The summed E-state index contributed by atoms with van der Waals surface area (Å²) < 4.78 is 29.3. The van der Waals surface area contributed by atoms with Gasteiger partial charge in [0.2, 0.25) is 0 Å². The summed E-state index contributed by atoms with van der Waals surface area (Å²) in [5.74, 6) is -0.897. The molecule has 5 nitrogen and oxygen atoms in total. The lowest BCUT2D eigenvalue weighted by Crippen LogP contribution is -2.14. The van der Waals surface area contributed by atoms with Gasteiger partial charge in [-0.3, -0.25) is 4.79 Å². The number of carbonyl (C=O) groups is 2. The Kier molecular flexibility index (Phi) is 6.52. The average molecular weight is 411 g/mol. The maximum Gasteiger partial charge on any atom is 0.338 e. The lowest BCUT2D eigenvalue weighted by Gasteiger charge is -2.13. The third kappa shape index (κ3) is 4.79. The molecule has 0 aliphatic heterocycles. The van der Waals surface area contributed by atoms with E-state index in [2.05, 4.69) is 15.9 Å². The molecule has 0 saturated heterocycles. The van der Waals surface area contributed by atoms with E-state index >= 15 is 0 Å². The van der Waals surface area contributed by atoms with E-state index in [0.717, 1.165) is 6.07 Å². The number of ketones is 1. The van der Waals surface area contributed by atoms with Crippen molar-refractivity contribution in [1.82, 2.24) is 0 Å². The zero-order valence-corrected chi connectivity index (χ0v) is 15.3. The number of methoxy groups -OCH3 is 1. The van der Waals surface area contributed by atoms with Gasteiger partial charge in [-0.15, -0.1) is 0 Å². The van der Waals surface area contributed by atoms with Crippen LogP contribution in [0.1, 0.15) is 27.6 Å². The molecule has 0 fully saturated rings. The number of hydrogen-bond acceptors (Lipinski definition) is 5. The highest BCUT2D eigenvalue weighted by molar-refractivity contribution is 9.10. The molecule has 0 heterocycles. The van der Waals surface area contributed by atoms with Crippen molar-refractivity contribution in [1.29, 1.82) is 0 Å². The minimum Gasteiger partial charge on any atom is -0.493 e. The first kappa shape index (κ1) is 18.9. The van der Waals surface area contributed by atoms with Gasteiger partial charge in [-0.05, 0) is 47.1 Å². The third-order valence-electron chi connectivity index (χ3n) is 3.23. The number of halogens is 2. The van der Waals surface area contributed by atoms with Crippen molar-refractivity contribution in [3.8, 4) is 11.5 Å². The van der Waals surface area contributed by atoms with Crippen LogP contribution >= 0.6 is 15.9 Å². The summed E-state index contributed by atoms with van der Waals surface area (Å²) in [4.78, 5) is 24.1. The lowest BCUT2D eigenvalue weighted by atomic mass is 10.1. The second kappa shape index (κ2) is 8.62. The molecule has 0 atom stereocenters. The first-order chi connectivity index (χ1) is 12.0. The Morgan fingerprint density at radius 2 is 1.92 bits per heavy atom. The molecule has 0 bridgehead atoms. The van der Waals surface area contributed by atoms with Crippen molar-refractivity contribution in [2.45, 2.75) is 6.92 Å². The largest absolute Gasteiger partial charge is 0.493 e. The third-order valence-corrected chi connectivity index (χ3v) is 3.82. The van der Waals surface area contributed by atoms with E-state index in [-0.39, 0.29) is 11.1 Å². The minimum absolute atomic E-state index is 0.137. The molecule has 25 heavy (non-hydrogen) atoms. The summed E-state index contributed by atoms with van der Waals surface area (Å²) in [6.07, 6.45) is 0. The number of hydrogen-bond donors (Lipinski definition) is 0. The van der Waals surface area contributed by atoms with Crippen LogP contribution in [0.3, 0.4) is 0 Å². The van der Waals surface area contributed by atoms with Gasteiger partial charge >= 0.3 is 5.97 Å². The topological polar surface area (TPSA) is 61.8 Å². The summed E-state index contributed by atoms with van der Waals surface area (Å²) in [6.45, 7) is 1.77. The van der Waals surface area contributed by atoms with Gasteiger partial charge in [-0.25, -0.2) is 9.18 Å². The van der Waals surface area contributed by atoms with Crippen LogP contribution in [-0.2, 0) is 4.74 Å². The number of carbonyl (C=O) groups excluding carboxylic acids is 2. The molecule has 0 aliphatic rings. The minimum atomic E-state index is -0.702. The highest BCUT2D eigenvalue weighted by Gasteiger charge is 2.18. The van der Waals surface area contributed by atoms with E-state index in [4.69, 9.17) is 14.2 Å². The first-order valence-corrected chi connectivity index (χ1v) is 8.21. The lowest BCUT2D eigenvalue weighted by molar-refractivity contribution is 0.0474. The Morgan fingerprint density at radius 1 is 1.16 bits per heavy atom. The SMILES string of the molecule is CCOc1c(Br)cc(C(=O)OCC(=O)c2cccc(F)c2)cc1OC. The number of rotatable bonds is 7. The van der Waals surface area contributed by atoms with Crippen molar-refractivity contribution < 1.29 is 28.2 Å². The Balaban J connectivity index is 2.10. The predicted octanol–water partition coefficient (Wildman–Crippen LogP) is 4.04. The fraction of sp³-hybridized carbons (Fsp3) is 0.222. The molecule has 0 aliphatic carbocycles. The van der Waals surface area contributed by atoms with Crippen molar-refractivity contribution in [3.63, 3.8) is 0 Å². The van der Waals surface area contributed by atoms with Gasteiger partial charge in [0.1, 0.15) is 5.82 Å². The van der Waals surface area contributed by atoms with Crippen LogP contribution in [0.2, 0.25) is 0 Å². The van der Waals surface area contributed by atoms with Crippen molar-refractivity contribution in [2.75, 3.05) is 20.3 Å². The second-order valence-electron chi connectivity index (χ2n) is 4.93. The molecule has 2 rings (SSSR count). The number of benzene rings is 2. The van der Waals surface area contributed by atoms with E-state index in [1.54, 1.807) is 0 Å². The van der Waals surface area contributed by atoms with Crippen LogP contribution in [0.4, 0.5) is 4.39 Å². The Labute approximate surface area is 152 Å². The van der Waals surface area contributed by atoms with Gasteiger partial charge in [-0.2, -0.15) is 0 Å². The van der Waals surface area contributed by atoms with Gasteiger partial charge in [-0.1, -0.05) is 12.1 Å². The maximum absolute atomic E-state index is 13.1. The molecule has 132 valence electrons. The van der Waals surface area contributed by atoms with Gasteiger partial charge in [0, 0.05) is 5.56 Å². The van der Waals surface area contributed by atoms with Gasteiger partial charge in [0.25, 0.3) is 0 Å². The number of Topliss-reactive ketones (excluding diaryl/α,β-unsaturated/α-hetero) is 1. The molecular formula is C18H16BrFO5. The zero-order chi connectivity index (χ0) is 18.4. The van der Waals surface area contributed by atoms with Crippen molar-refractivity contribution >= 4 is 27.7 Å². The second-order valence-corrected chi connectivity index (χ2v) is 5.79. The smallest absolute Gasteiger partial charge is 0.338 e. The highest BCUT2D eigenvalue weighted by atomic mass is 79.9. The number of ether oxygens (including phenoxy) is 3. The number of esters is 1. The summed E-state index contributed by atoms with van der Waals surface area (Å²) in [7, 11) is 1.45. The zero-order valence-electron chi connectivity index (χ0n) is 13.7. The average Bonchev–Trinajstić information content (AvgIpc) is 2.60. The van der Waals surface area contributed by atoms with Crippen molar-refractivity contribution in [3.05, 3.63) is 57.8 Å². The van der Waals surface area contributed by atoms with E-state index < -0.39 is 24.2 Å². The molecule has 0 spiro atoms. The quantitative estimate of drug-likeness (QED) is 0.509. The Hall–Kier alpha value is -2.41. The van der Waals surface area contributed by atoms with Gasteiger partial charge < -0.3 is 14.2 Å². The molecule has 0 saturated carbocycles. The van der Waals surface area contributed by atoms with Crippen LogP contribution in [0.25, 0.3) is 0 Å². The first-order valence-electron chi connectivity index (χ1n) is 7.42. The fourth-order valence-corrected chi connectivity index (χ4v) is 2.64. The molecule has 2 aromatic rings. The maximum atomic E-state index is 13.1. The van der Waals surface area contributed by atoms with Crippen LogP contribution in [-0.4, -0.2) is 32.1 Å². The van der Waals surface area contributed by atoms with Gasteiger partial charge in [0.05, 0.1) is 23.8 Å². The molecule has 0 N–H and O–H groups in total. The summed E-state index contributed by atoms with van der Waals surface area (Å²) in [5, 5.41) is 0. The van der Waals surface area contributed by atoms with E-state index in [9.17, 15) is 14.0 Å². The summed E-state index contributed by atoms with van der Waals surface area (Å²) >= 11 is 3.31. The normalized spacial score (nSPS) is 10.2. The van der Waals surface area contributed by atoms with E-state index in [1.807, 2.05) is 6.92 Å².